The number of primary amides is 1. The molecule has 2 aliphatic heterocycles. The predicted octanol–water partition coefficient (Wildman–Crippen LogP) is 1.84. The van der Waals surface area contributed by atoms with Gasteiger partial charge in [-0.1, -0.05) is 45.9 Å². The average molecular weight is 498 g/mol. The lowest BCUT2D eigenvalue weighted by atomic mass is 9.69. The molecule has 34 heavy (non-hydrogen) atoms. The van der Waals surface area contributed by atoms with E-state index in [9.17, 15) is 22.8 Å². The van der Waals surface area contributed by atoms with Gasteiger partial charge in [-0.05, 0) is 30.4 Å². The molecule has 11 nitrogen and oxygen atoms in total. The van der Waals surface area contributed by atoms with E-state index in [1.165, 1.54) is 4.90 Å². The van der Waals surface area contributed by atoms with Crippen LogP contribution in [0.5, 0.6) is 0 Å². The fourth-order valence-electron chi connectivity index (χ4n) is 3.66. The van der Waals surface area contributed by atoms with Crippen LogP contribution in [0.3, 0.4) is 0 Å². The molecule has 0 saturated carbocycles. The van der Waals surface area contributed by atoms with Gasteiger partial charge in [-0.3, -0.25) is 4.79 Å². The topological polar surface area (TPSA) is 146 Å². The molecule has 188 valence electrons. The summed E-state index contributed by atoms with van der Waals surface area (Å²) in [5.74, 6) is -1.13. The van der Waals surface area contributed by atoms with Crippen LogP contribution in [0.2, 0.25) is 0 Å². The molecule has 2 aliphatic rings. The van der Waals surface area contributed by atoms with Gasteiger partial charge in [-0.2, -0.15) is 13.5 Å². The van der Waals surface area contributed by atoms with Crippen molar-refractivity contribution in [3.05, 3.63) is 35.9 Å². The van der Waals surface area contributed by atoms with E-state index in [0.29, 0.717) is 18.4 Å². The van der Waals surface area contributed by atoms with Gasteiger partial charge < -0.3 is 15.4 Å². The van der Waals surface area contributed by atoms with E-state index < -0.39 is 51.2 Å². The van der Waals surface area contributed by atoms with Crippen LogP contribution in [0.1, 0.15) is 50.9 Å². The highest BCUT2D eigenvalue weighted by Gasteiger charge is 2.49. The maximum Gasteiger partial charge on any atom is 0.421 e. The SMILES string of the molecule is CC(C)(COC(=O)c1ccccc1)C(C)(C)COS(=O)(=O)ON1C(=O)N2CC1CCC2C(N)=O. The Balaban J connectivity index is 1.58. The Labute approximate surface area is 199 Å². The van der Waals surface area contributed by atoms with E-state index in [1.807, 2.05) is 13.8 Å². The van der Waals surface area contributed by atoms with Gasteiger partial charge in [0.15, 0.2) is 0 Å². The quantitative estimate of drug-likeness (QED) is 0.482. The Bertz CT molecular complexity index is 1040. The lowest BCUT2D eigenvalue weighted by Crippen LogP contribution is -2.47. The van der Waals surface area contributed by atoms with Gasteiger partial charge in [0.2, 0.25) is 5.91 Å². The number of nitrogens with two attached hydrogens (primary N) is 1. The number of hydrogen-bond donors (Lipinski definition) is 1. The van der Waals surface area contributed by atoms with Gasteiger partial charge in [-0.25, -0.2) is 13.8 Å². The van der Waals surface area contributed by atoms with E-state index in [0.717, 1.165) is 5.06 Å². The van der Waals surface area contributed by atoms with Crippen molar-refractivity contribution < 1.29 is 36.0 Å². The zero-order valence-corrected chi connectivity index (χ0v) is 20.5. The van der Waals surface area contributed by atoms with Crippen LogP contribution in [-0.4, -0.2) is 68.1 Å². The molecular formula is C22H31N3O8S. The first-order valence-corrected chi connectivity index (χ1v) is 12.3. The number of esters is 1. The first-order valence-electron chi connectivity index (χ1n) is 10.9. The summed E-state index contributed by atoms with van der Waals surface area (Å²) in [6, 6.07) is 6.48. The number of amides is 3. The highest BCUT2D eigenvalue weighted by Crippen LogP contribution is 2.40. The maximum absolute atomic E-state index is 12.6. The van der Waals surface area contributed by atoms with Crippen molar-refractivity contribution in [1.82, 2.24) is 9.96 Å². The second-order valence-electron chi connectivity index (χ2n) is 9.86. The third kappa shape index (κ3) is 5.50. The first kappa shape index (κ1) is 25.9. The number of piperidine rings is 1. The molecule has 3 amide bonds. The predicted molar refractivity (Wildman–Crippen MR) is 120 cm³/mol. The van der Waals surface area contributed by atoms with Gasteiger partial charge in [-0.15, -0.1) is 4.28 Å². The minimum Gasteiger partial charge on any atom is -0.462 e. The normalized spacial score (nSPS) is 21.0. The summed E-state index contributed by atoms with van der Waals surface area (Å²) in [5.41, 5.74) is 4.30. The molecule has 12 heteroatoms. The number of nitrogens with zero attached hydrogens (tertiary/aromatic N) is 2. The molecular weight excluding hydrogens is 466 g/mol. The van der Waals surface area contributed by atoms with Gasteiger partial charge >= 0.3 is 22.4 Å². The zero-order valence-electron chi connectivity index (χ0n) is 19.7. The Hall–Kier alpha value is -2.70. The number of urea groups is 1. The number of benzene rings is 1. The van der Waals surface area contributed by atoms with E-state index in [1.54, 1.807) is 44.2 Å². The van der Waals surface area contributed by atoms with E-state index >= 15 is 0 Å². The third-order valence-corrected chi connectivity index (χ3v) is 7.54. The minimum absolute atomic E-state index is 0.0220. The maximum atomic E-state index is 12.6. The molecule has 3 rings (SSSR count). The molecule has 2 heterocycles. The van der Waals surface area contributed by atoms with Gasteiger partial charge in [0.1, 0.15) is 6.04 Å². The fraction of sp³-hybridized carbons (Fsp3) is 0.591. The number of fused-ring (bicyclic) bond motifs is 2. The zero-order chi connectivity index (χ0) is 25.3. The molecule has 1 aromatic rings. The highest BCUT2D eigenvalue weighted by atomic mass is 32.3. The van der Waals surface area contributed by atoms with Crippen molar-refractivity contribution in [3.63, 3.8) is 0 Å². The third-order valence-electron chi connectivity index (χ3n) is 6.79. The largest absolute Gasteiger partial charge is 0.462 e. The van der Waals surface area contributed by atoms with Gasteiger partial charge in [0.05, 0.1) is 24.8 Å². The van der Waals surface area contributed by atoms with Crippen LogP contribution in [0.25, 0.3) is 0 Å². The van der Waals surface area contributed by atoms with Crippen molar-refractivity contribution in [2.24, 2.45) is 16.6 Å². The van der Waals surface area contributed by atoms with Crippen LogP contribution in [-0.2, 0) is 28.4 Å². The second kappa shape index (κ2) is 9.51. The summed E-state index contributed by atoms with van der Waals surface area (Å²) in [6.07, 6.45) is 0.700. The van der Waals surface area contributed by atoms with Crippen molar-refractivity contribution in [2.75, 3.05) is 19.8 Å². The fourth-order valence-corrected chi connectivity index (χ4v) is 4.52. The van der Waals surface area contributed by atoms with Crippen molar-refractivity contribution in [1.29, 1.82) is 0 Å². The average Bonchev–Trinajstić information content (AvgIpc) is 3.00. The number of carbonyl (C=O) groups is 3. The molecule has 2 N–H and O–H groups in total. The van der Waals surface area contributed by atoms with Crippen LogP contribution in [0.4, 0.5) is 4.79 Å². The van der Waals surface area contributed by atoms with Crippen LogP contribution in [0.15, 0.2) is 30.3 Å². The molecule has 2 bridgehead atoms. The molecule has 0 radical (unpaired) electrons. The number of hydrogen-bond acceptors (Lipinski definition) is 8. The van der Waals surface area contributed by atoms with Crippen molar-refractivity contribution in [3.8, 4) is 0 Å². The standard InChI is InChI=1S/C22H31N3O8S/c1-21(2,13-31-19(27)15-8-6-5-7-9-15)22(3,4)14-32-34(29,30)33-25-16-10-11-17(18(23)26)24(12-16)20(25)28/h5-9,16-17H,10-14H2,1-4H3,(H2,23,26). The molecule has 2 fully saturated rings. The Morgan fingerprint density at radius 3 is 2.29 bits per heavy atom. The lowest BCUT2D eigenvalue weighted by Gasteiger charge is -2.40. The minimum atomic E-state index is -4.59. The summed E-state index contributed by atoms with van der Waals surface area (Å²) in [7, 11) is -4.59. The van der Waals surface area contributed by atoms with Crippen LogP contribution >= 0.6 is 0 Å². The number of hydroxylamine groups is 2. The summed E-state index contributed by atoms with van der Waals surface area (Å²) in [4.78, 5) is 37.6. The molecule has 0 aromatic heterocycles. The van der Waals surface area contributed by atoms with Crippen molar-refractivity contribution in [2.45, 2.75) is 52.6 Å². The second-order valence-corrected chi connectivity index (χ2v) is 11.1. The Morgan fingerprint density at radius 1 is 1.06 bits per heavy atom. The summed E-state index contributed by atoms with van der Waals surface area (Å²) in [6.45, 7) is 7.08. The lowest BCUT2D eigenvalue weighted by molar-refractivity contribution is -0.122. The molecule has 1 aromatic carbocycles. The number of rotatable bonds is 10. The molecule has 2 atom stereocenters. The number of ether oxygens (including phenoxy) is 1. The molecule has 2 unspecified atom stereocenters. The monoisotopic (exact) mass is 497 g/mol. The Morgan fingerprint density at radius 2 is 1.68 bits per heavy atom. The smallest absolute Gasteiger partial charge is 0.421 e. The van der Waals surface area contributed by atoms with E-state index in [-0.39, 0.29) is 19.8 Å². The molecule has 0 spiro atoms. The van der Waals surface area contributed by atoms with E-state index in [2.05, 4.69) is 0 Å². The number of carbonyl (C=O) groups excluding carboxylic acids is 3. The Kier molecular flexibility index (Phi) is 7.25. The van der Waals surface area contributed by atoms with Crippen molar-refractivity contribution >= 4 is 28.3 Å². The van der Waals surface area contributed by atoms with Crippen LogP contribution in [0, 0.1) is 10.8 Å². The molecule has 2 saturated heterocycles. The first-order chi connectivity index (χ1) is 15.7. The summed E-state index contributed by atoms with van der Waals surface area (Å²) >= 11 is 0. The molecule has 0 aliphatic carbocycles. The summed E-state index contributed by atoms with van der Waals surface area (Å²) in [5, 5.41) is 0.734. The highest BCUT2D eigenvalue weighted by molar-refractivity contribution is 7.81. The van der Waals surface area contributed by atoms with Gasteiger partial charge in [0, 0.05) is 12.0 Å². The van der Waals surface area contributed by atoms with Crippen LogP contribution < -0.4 is 5.73 Å². The summed E-state index contributed by atoms with van der Waals surface area (Å²) < 4.78 is 40.6. The van der Waals surface area contributed by atoms with Gasteiger partial charge in [0.25, 0.3) is 0 Å². The van der Waals surface area contributed by atoms with E-state index in [4.69, 9.17) is 18.9 Å².